The summed E-state index contributed by atoms with van der Waals surface area (Å²) in [6.45, 7) is 1.02. The summed E-state index contributed by atoms with van der Waals surface area (Å²) < 4.78 is 36.1. The Labute approximate surface area is 241 Å². The zero-order valence-corrected chi connectivity index (χ0v) is 24.4. The Bertz CT molecular complexity index is 1180. The first kappa shape index (κ1) is 28.0. The monoisotopic (exact) mass is 573 g/mol. The molecule has 6 fully saturated rings. The maximum atomic E-state index is 13.6. The number of benzene rings is 1. The molecule has 41 heavy (non-hydrogen) atoms. The van der Waals surface area contributed by atoms with E-state index in [2.05, 4.69) is 5.32 Å². The summed E-state index contributed by atoms with van der Waals surface area (Å²) in [4.78, 5) is 13.6. The molecule has 14 atom stereocenters. The van der Waals surface area contributed by atoms with Crippen LogP contribution in [0.5, 0.6) is 5.75 Å². The van der Waals surface area contributed by atoms with Crippen molar-refractivity contribution in [1.29, 1.82) is 0 Å². The number of esters is 1. The molecule has 226 valence electrons. The number of aliphatic hydroxyl groups is 2. The van der Waals surface area contributed by atoms with E-state index in [1.807, 2.05) is 0 Å². The summed E-state index contributed by atoms with van der Waals surface area (Å²) in [5, 5.41) is 28.0. The highest BCUT2D eigenvalue weighted by molar-refractivity contribution is 5.89. The summed E-state index contributed by atoms with van der Waals surface area (Å²) in [6.07, 6.45) is -0.747. The average molecular weight is 574 g/mol. The summed E-state index contributed by atoms with van der Waals surface area (Å²) in [5.41, 5.74) is -1.96. The van der Waals surface area contributed by atoms with Crippen LogP contribution in [0, 0.1) is 40.4 Å². The van der Waals surface area contributed by atoms with Crippen LogP contribution in [0.15, 0.2) is 24.3 Å². The van der Waals surface area contributed by atoms with Crippen molar-refractivity contribution in [2.75, 3.05) is 48.7 Å². The number of hydrogen-bond acceptors (Lipinski definition) is 10. The molecule has 1 spiro atoms. The molecule has 1 unspecified atom stereocenters. The molecule has 0 radical (unpaired) electrons. The normalized spacial score (nSPS) is 50.5. The summed E-state index contributed by atoms with van der Waals surface area (Å²) in [5.74, 6) is 0.118. The summed E-state index contributed by atoms with van der Waals surface area (Å²) >= 11 is 0. The highest BCUT2D eigenvalue weighted by Gasteiger charge is 2.85. The Morgan fingerprint density at radius 3 is 2.37 bits per heavy atom. The highest BCUT2D eigenvalue weighted by Crippen LogP contribution is 2.78. The zero-order valence-electron chi connectivity index (χ0n) is 24.4. The Balaban J connectivity index is 1.36. The Kier molecular flexibility index (Phi) is 6.56. The first-order valence-corrected chi connectivity index (χ1v) is 14.8. The second kappa shape index (κ2) is 9.61. The largest absolute Gasteiger partial charge is 0.497 e. The van der Waals surface area contributed by atoms with Crippen LogP contribution in [0.3, 0.4) is 0 Å². The van der Waals surface area contributed by atoms with Gasteiger partial charge in [0, 0.05) is 76.0 Å². The van der Waals surface area contributed by atoms with Crippen LogP contribution in [0.2, 0.25) is 0 Å². The molecule has 7 rings (SSSR count). The van der Waals surface area contributed by atoms with Gasteiger partial charge in [-0.25, -0.2) is 4.79 Å². The van der Waals surface area contributed by atoms with Crippen LogP contribution >= 0.6 is 0 Å². The van der Waals surface area contributed by atoms with Gasteiger partial charge in [0.1, 0.15) is 17.5 Å². The first-order valence-electron chi connectivity index (χ1n) is 14.8. The maximum Gasteiger partial charge on any atom is 0.338 e. The fourth-order valence-corrected chi connectivity index (χ4v) is 11.3. The number of piperidine rings is 1. The van der Waals surface area contributed by atoms with E-state index >= 15 is 0 Å². The van der Waals surface area contributed by atoms with E-state index in [1.165, 1.54) is 0 Å². The van der Waals surface area contributed by atoms with Crippen molar-refractivity contribution in [2.45, 2.75) is 61.4 Å². The van der Waals surface area contributed by atoms with Crippen LogP contribution < -0.4 is 10.1 Å². The topological polar surface area (TPSA) is 125 Å². The van der Waals surface area contributed by atoms with Crippen molar-refractivity contribution in [3.05, 3.63) is 29.8 Å². The summed E-state index contributed by atoms with van der Waals surface area (Å²) in [7, 11) is 8.39. The maximum absolute atomic E-state index is 13.6. The van der Waals surface area contributed by atoms with Gasteiger partial charge < -0.3 is 44.0 Å². The third kappa shape index (κ3) is 3.30. The number of nitrogens with one attached hydrogen (secondary N) is 1. The molecule has 5 saturated carbocycles. The lowest BCUT2D eigenvalue weighted by Gasteiger charge is -2.66. The average Bonchev–Trinajstić information content (AvgIpc) is 3.29. The van der Waals surface area contributed by atoms with Gasteiger partial charge in [0.2, 0.25) is 0 Å². The minimum atomic E-state index is -1.35. The number of aliphatic hydroxyl groups excluding tert-OH is 1. The standard InChI is InChI=1S/C31H43NO9/c1-36-14-29-13-32-26-23-17-10-20(38-3)30(35)12-18(31(26,25(29)24(23)40-5)21(39-4)11-19(29)33)22(17)27(30)41-28(34)15-6-8-16(37-2)9-7-15/h6-9,17-27,32-33,35H,10-14H2,1-5H3/t17-,18+,19+,20-,21-,22+,23-,24-,25+,26-,27+,29-,30-,31?/m0/s1. The van der Waals surface area contributed by atoms with E-state index in [0.29, 0.717) is 43.7 Å². The molecule has 0 aromatic heterocycles. The minimum Gasteiger partial charge on any atom is -0.497 e. The number of carbonyl (C=O) groups is 1. The van der Waals surface area contributed by atoms with Gasteiger partial charge in [0.05, 0.1) is 43.7 Å². The molecule has 1 saturated heterocycles. The number of rotatable bonds is 8. The van der Waals surface area contributed by atoms with Crippen molar-refractivity contribution < 1.29 is 43.4 Å². The molecule has 1 aromatic carbocycles. The van der Waals surface area contributed by atoms with Crippen molar-refractivity contribution in [2.24, 2.45) is 40.4 Å². The molecule has 5 aliphatic carbocycles. The van der Waals surface area contributed by atoms with Gasteiger partial charge in [-0.15, -0.1) is 0 Å². The second-order valence-corrected chi connectivity index (χ2v) is 13.3. The predicted octanol–water partition coefficient (Wildman–Crippen LogP) is 1.27. The fraction of sp³-hybridized carbons (Fsp3) is 0.774. The van der Waals surface area contributed by atoms with Crippen molar-refractivity contribution in [3.8, 4) is 5.75 Å². The van der Waals surface area contributed by atoms with Gasteiger partial charge >= 0.3 is 5.97 Å². The fourth-order valence-electron chi connectivity index (χ4n) is 11.3. The Morgan fingerprint density at radius 1 is 1.00 bits per heavy atom. The van der Waals surface area contributed by atoms with Crippen LogP contribution in [0.25, 0.3) is 0 Å². The molecule has 1 aliphatic heterocycles. The quantitative estimate of drug-likeness (QED) is 0.392. The van der Waals surface area contributed by atoms with Crippen molar-refractivity contribution >= 4 is 5.97 Å². The lowest BCUT2D eigenvalue weighted by molar-refractivity contribution is -0.255. The Morgan fingerprint density at radius 2 is 1.73 bits per heavy atom. The van der Waals surface area contributed by atoms with Gasteiger partial charge in [-0.1, -0.05) is 0 Å². The van der Waals surface area contributed by atoms with E-state index in [-0.39, 0.29) is 47.8 Å². The van der Waals surface area contributed by atoms with Crippen LogP contribution in [0.4, 0.5) is 0 Å². The smallest absolute Gasteiger partial charge is 0.338 e. The summed E-state index contributed by atoms with van der Waals surface area (Å²) in [6, 6.07) is 6.90. The molecule has 10 nitrogen and oxygen atoms in total. The predicted molar refractivity (Wildman–Crippen MR) is 145 cm³/mol. The molecule has 3 N–H and O–H groups in total. The van der Waals surface area contributed by atoms with E-state index in [0.717, 1.165) is 0 Å². The number of hydrogen-bond donors (Lipinski definition) is 3. The van der Waals surface area contributed by atoms with Gasteiger partial charge in [-0.2, -0.15) is 0 Å². The lowest BCUT2D eigenvalue weighted by atomic mass is 9.43. The van der Waals surface area contributed by atoms with Crippen molar-refractivity contribution in [3.63, 3.8) is 0 Å². The molecule has 1 aromatic rings. The van der Waals surface area contributed by atoms with E-state index in [9.17, 15) is 15.0 Å². The van der Waals surface area contributed by atoms with Crippen LogP contribution in [0.1, 0.15) is 29.6 Å². The van der Waals surface area contributed by atoms with E-state index in [4.69, 9.17) is 28.4 Å². The molecule has 1 heterocycles. The van der Waals surface area contributed by atoms with Gasteiger partial charge in [-0.3, -0.25) is 0 Å². The number of methoxy groups -OCH3 is 5. The molecule has 7 bridgehead atoms. The van der Waals surface area contributed by atoms with E-state index in [1.54, 1.807) is 59.8 Å². The van der Waals surface area contributed by atoms with Crippen LogP contribution in [-0.4, -0.2) is 107 Å². The third-order valence-corrected chi connectivity index (χ3v) is 12.4. The molecular weight excluding hydrogens is 530 g/mol. The van der Waals surface area contributed by atoms with Gasteiger partial charge in [-0.05, 0) is 48.9 Å². The highest BCUT2D eigenvalue weighted by atomic mass is 16.6. The van der Waals surface area contributed by atoms with Gasteiger partial charge in [0.25, 0.3) is 0 Å². The first-order chi connectivity index (χ1) is 19.8. The Hall–Kier alpha value is -1.79. The molecule has 6 aliphatic rings. The molecule has 10 heteroatoms. The minimum absolute atomic E-state index is 0.0424. The van der Waals surface area contributed by atoms with E-state index < -0.39 is 40.7 Å². The van der Waals surface area contributed by atoms with Gasteiger partial charge in [0.15, 0.2) is 0 Å². The van der Waals surface area contributed by atoms with Crippen LogP contribution in [-0.2, 0) is 23.7 Å². The molecule has 0 amide bonds. The number of fused-ring (bicyclic) bond motifs is 2. The van der Waals surface area contributed by atoms with Crippen molar-refractivity contribution in [1.82, 2.24) is 5.32 Å². The number of ether oxygens (including phenoxy) is 6. The third-order valence-electron chi connectivity index (χ3n) is 12.4. The lowest BCUT2D eigenvalue weighted by Crippen LogP contribution is -2.76. The second-order valence-electron chi connectivity index (χ2n) is 13.3. The SMILES string of the molecule is COC[C@@]12CN[C@H]3[C@H]4[C@H]5C[C@H](OC)[C@@]6(O)C[C@H]([C@@H]5[C@H]6OC(=O)c5ccc(OC)cc5)C3([C@@H](OC)C[C@H]1O)[C@@H]2[C@H]4OC. The number of carbonyl (C=O) groups excluding carboxylic acids is 1. The molecular formula is C31H43NO9. The zero-order chi connectivity index (χ0) is 28.9.